The Morgan fingerprint density at radius 3 is 2.58 bits per heavy atom. The molecule has 0 aliphatic carbocycles. The Hall–Kier alpha value is -3.27. The van der Waals surface area contributed by atoms with E-state index in [4.69, 9.17) is 13.9 Å². The number of fused-ring (bicyclic) bond motifs is 2. The van der Waals surface area contributed by atoms with Crippen molar-refractivity contribution in [1.82, 2.24) is 0 Å². The largest absolute Gasteiger partial charge is 0.482 e. The molecule has 4 heteroatoms. The van der Waals surface area contributed by atoms with E-state index in [0.29, 0.717) is 12.4 Å². The number of aryl methyl sites for hydroxylation is 1. The van der Waals surface area contributed by atoms with Gasteiger partial charge in [0, 0.05) is 16.5 Å². The minimum atomic E-state index is -0.363. The van der Waals surface area contributed by atoms with Crippen LogP contribution < -0.4 is 4.74 Å². The van der Waals surface area contributed by atoms with Crippen LogP contribution in [0, 0.1) is 0 Å². The minimum absolute atomic E-state index is 0.0858. The van der Waals surface area contributed by atoms with E-state index in [1.54, 1.807) is 6.92 Å². The summed E-state index contributed by atoms with van der Waals surface area (Å²) in [6.07, 6.45) is 4.58. The molecule has 0 radical (unpaired) electrons. The molecule has 3 aromatic carbocycles. The van der Waals surface area contributed by atoms with Crippen molar-refractivity contribution < 1.29 is 18.7 Å². The van der Waals surface area contributed by atoms with E-state index < -0.39 is 0 Å². The van der Waals surface area contributed by atoms with Gasteiger partial charge in [0.2, 0.25) is 0 Å². The second kappa shape index (κ2) is 9.69. The van der Waals surface area contributed by atoms with Gasteiger partial charge in [0.1, 0.15) is 17.1 Å². The second-order valence-electron chi connectivity index (χ2n) is 7.68. The van der Waals surface area contributed by atoms with Crippen LogP contribution >= 0.6 is 0 Å². The van der Waals surface area contributed by atoms with Crippen molar-refractivity contribution in [2.24, 2.45) is 0 Å². The van der Waals surface area contributed by atoms with Crippen molar-refractivity contribution in [3.05, 3.63) is 66.2 Å². The van der Waals surface area contributed by atoms with Crippen molar-refractivity contribution >= 4 is 27.7 Å². The number of rotatable bonds is 9. The Labute approximate surface area is 182 Å². The molecule has 31 heavy (non-hydrogen) atoms. The van der Waals surface area contributed by atoms with Crippen LogP contribution in [0.3, 0.4) is 0 Å². The molecule has 0 bridgehead atoms. The van der Waals surface area contributed by atoms with E-state index in [0.717, 1.165) is 40.5 Å². The highest BCUT2D eigenvalue weighted by atomic mass is 16.6. The lowest BCUT2D eigenvalue weighted by molar-refractivity contribution is -0.145. The van der Waals surface area contributed by atoms with E-state index in [1.165, 1.54) is 23.8 Å². The molecule has 160 valence electrons. The minimum Gasteiger partial charge on any atom is -0.482 e. The first-order valence-electron chi connectivity index (χ1n) is 11.0. The predicted octanol–water partition coefficient (Wildman–Crippen LogP) is 6.93. The molecule has 0 aliphatic rings. The van der Waals surface area contributed by atoms with Crippen molar-refractivity contribution in [1.29, 1.82) is 0 Å². The number of esters is 1. The zero-order valence-electron chi connectivity index (χ0n) is 18.1. The monoisotopic (exact) mass is 416 g/mol. The highest BCUT2D eigenvalue weighted by Gasteiger charge is 2.16. The Morgan fingerprint density at radius 1 is 0.935 bits per heavy atom. The molecule has 0 saturated carbocycles. The summed E-state index contributed by atoms with van der Waals surface area (Å²) in [5.74, 6) is 1.25. The van der Waals surface area contributed by atoms with Gasteiger partial charge in [0.15, 0.2) is 6.61 Å². The topological polar surface area (TPSA) is 48.7 Å². The zero-order chi connectivity index (χ0) is 21.6. The molecule has 0 aliphatic heterocycles. The smallest absolute Gasteiger partial charge is 0.344 e. The lowest BCUT2D eigenvalue weighted by Gasteiger charge is -2.08. The van der Waals surface area contributed by atoms with Crippen molar-refractivity contribution in [2.75, 3.05) is 13.2 Å². The summed E-state index contributed by atoms with van der Waals surface area (Å²) in [6.45, 7) is 4.27. The summed E-state index contributed by atoms with van der Waals surface area (Å²) in [5.41, 5.74) is 3.31. The van der Waals surface area contributed by atoms with E-state index in [9.17, 15) is 4.79 Å². The Balaban J connectivity index is 1.64. The van der Waals surface area contributed by atoms with Gasteiger partial charge in [-0.1, -0.05) is 56.2 Å². The lowest BCUT2D eigenvalue weighted by Crippen LogP contribution is -2.14. The number of carbonyl (C=O) groups is 1. The molecule has 4 rings (SSSR count). The van der Waals surface area contributed by atoms with Crippen molar-refractivity contribution in [3.8, 4) is 17.1 Å². The van der Waals surface area contributed by atoms with Crippen LogP contribution in [-0.2, 0) is 16.0 Å². The maximum atomic E-state index is 11.5. The molecule has 1 heterocycles. The van der Waals surface area contributed by atoms with E-state index >= 15 is 0 Å². The van der Waals surface area contributed by atoms with Crippen LogP contribution in [0.1, 0.15) is 38.7 Å². The maximum absolute atomic E-state index is 11.5. The van der Waals surface area contributed by atoms with Gasteiger partial charge >= 0.3 is 5.97 Å². The molecule has 0 N–H and O–H groups in total. The first-order valence-corrected chi connectivity index (χ1v) is 11.0. The summed E-state index contributed by atoms with van der Waals surface area (Å²) in [6, 6.07) is 20.4. The summed E-state index contributed by atoms with van der Waals surface area (Å²) in [4.78, 5) is 11.5. The van der Waals surface area contributed by atoms with E-state index in [2.05, 4.69) is 37.3 Å². The number of unbranched alkanes of at least 4 members (excludes halogenated alkanes) is 2. The molecule has 1 aromatic heterocycles. The van der Waals surface area contributed by atoms with Crippen molar-refractivity contribution in [2.45, 2.75) is 39.5 Å². The molecule has 0 atom stereocenters. The fourth-order valence-electron chi connectivity index (χ4n) is 3.93. The van der Waals surface area contributed by atoms with Crippen LogP contribution in [0.2, 0.25) is 0 Å². The van der Waals surface area contributed by atoms with Crippen molar-refractivity contribution in [3.63, 3.8) is 0 Å². The highest BCUT2D eigenvalue weighted by Crippen LogP contribution is 2.36. The summed E-state index contributed by atoms with van der Waals surface area (Å²) in [7, 11) is 0. The first kappa shape index (κ1) is 21.0. The Bertz CT molecular complexity index is 1190. The average molecular weight is 417 g/mol. The van der Waals surface area contributed by atoms with Gasteiger partial charge < -0.3 is 13.9 Å². The third kappa shape index (κ3) is 4.74. The van der Waals surface area contributed by atoms with Gasteiger partial charge in [0.05, 0.1) is 6.61 Å². The van der Waals surface area contributed by atoms with Gasteiger partial charge in [-0.2, -0.15) is 0 Å². The van der Waals surface area contributed by atoms with Crippen LogP contribution in [-0.4, -0.2) is 19.2 Å². The van der Waals surface area contributed by atoms with Gasteiger partial charge in [-0.3, -0.25) is 0 Å². The van der Waals surface area contributed by atoms with Gasteiger partial charge in [-0.25, -0.2) is 4.79 Å². The Morgan fingerprint density at radius 2 is 1.74 bits per heavy atom. The summed E-state index contributed by atoms with van der Waals surface area (Å²) >= 11 is 0. The summed E-state index contributed by atoms with van der Waals surface area (Å²) in [5, 5.41) is 3.35. The van der Waals surface area contributed by atoms with E-state index in [1.807, 2.05) is 30.3 Å². The Kier molecular flexibility index (Phi) is 6.56. The molecular weight excluding hydrogens is 388 g/mol. The predicted molar refractivity (Wildman–Crippen MR) is 125 cm³/mol. The maximum Gasteiger partial charge on any atom is 0.344 e. The van der Waals surface area contributed by atoms with Gasteiger partial charge in [-0.05, 0) is 54.8 Å². The number of para-hydroxylation sites is 1. The van der Waals surface area contributed by atoms with Gasteiger partial charge in [0.25, 0.3) is 0 Å². The third-order valence-electron chi connectivity index (χ3n) is 5.46. The fraction of sp³-hybridized carbons (Fsp3) is 0.296. The van der Waals surface area contributed by atoms with Crippen LogP contribution in [0.15, 0.2) is 65.1 Å². The van der Waals surface area contributed by atoms with Crippen LogP contribution in [0.5, 0.6) is 5.75 Å². The normalized spacial score (nSPS) is 11.2. The van der Waals surface area contributed by atoms with Crippen LogP contribution in [0.4, 0.5) is 0 Å². The SMILES string of the molecule is CCCCCc1c(-c2ccc3cc(OCC(=O)OCC)ccc3c2)oc2ccccc12. The third-order valence-corrected chi connectivity index (χ3v) is 5.46. The molecule has 0 unspecified atom stereocenters. The quantitative estimate of drug-likeness (QED) is 0.219. The molecule has 0 spiro atoms. The number of ether oxygens (including phenoxy) is 2. The highest BCUT2D eigenvalue weighted by molar-refractivity contribution is 5.92. The molecule has 0 fully saturated rings. The van der Waals surface area contributed by atoms with Crippen LogP contribution in [0.25, 0.3) is 33.1 Å². The summed E-state index contributed by atoms with van der Waals surface area (Å²) < 4.78 is 16.8. The first-order chi connectivity index (χ1) is 15.2. The lowest BCUT2D eigenvalue weighted by atomic mass is 9.98. The molecule has 0 saturated heterocycles. The zero-order valence-corrected chi connectivity index (χ0v) is 18.1. The number of benzene rings is 3. The van der Waals surface area contributed by atoms with Gasteiger partial charge in [-0.15, -0.1) is 0 Å². The van der Waals surface area contributed by atoms with E-state index in [-0.39, 0.29) is 12.6 Å². The number of carbonyl (C=O) groups excluding carboxylic acids is 1. The second-order valence-corrected chi connectivity index (χ2v) is 7.68. The molecular formula is C27H28O4. The molecule has 4 nitrogen and oxygen atoms in total. The average Bonchev–Trinajstić information content (AvgIpc) is 3.16. The molecule has 0 amide bonds. The molecule has 4 aromatic rings. The number of furan rings is 1. The standard InChI is InChI=1S/C27H28O4/c1-3-5-6-10-24-23-9-7-8-11-25(23)31-27(24)21-13-12-20-17-22(15-14-19(20)16-21)30-18-26(28)29-4-2/h7-9,11-17H,3-6,10,18H2,1-2H3. The number of hydrogen-bond donors (Lipinski definition) is 0. The number of hydrogen-bond acceptors (Lipinski definition) is 4. The fourth-order valence-corrected chi connectivity index (χ4v) is 3.93.